The van der Waals surface area contributed by atoms with Gasteiger partial charge in [0.2, 0.25) is 11.9 Å². The van der Waals surface area contributed by atoms with Crippen LogP contribution >= 0.6 is 0 Å². The lowest BCUT2D eigenvalue weighted by molar-refractivity contribution is -0.121. The number of carbonyl (C=O) groups excluding carboxylic acids is 1. The number of hydrogen-bond acceptors (Lipinski definition) is 4. The minimum absolute atomic E-state index is 0.0657. The standard InChI is InChI=1S/C11H16N4O2/c1-17-11-13-10(14-15-11)12-9(16)8-5-6-2-3-7(8)4-6/h6-8H,2-5H2,1H3,(H2,12,13,14,15,16). The van der Waals surface area contributed by atoms with Crippen molar-refractivity contribution in [1.29, 1.82) is 0 Å². The molecule has 1 amide bonds. The number of rotatable bonds is 3. The molecule has 2 aliphatic carbocycles. The maximum Gasteiger partial charge on any atom is 0.336 e. The van der Waals surface area contributed by atoms with Crippen molar-refractivity contribution < 1.29 is 9.53 Å². The van der Waals surface area contributed by atoms with Gasteiger partial charge in [-0.25, -0.2) is 5.10 Å². The number of aromatic amines is 1. The van der Waals surface area contributed by atoms with Crippen LogP contribution in [0.2, 0.25) is 0 Å². The van der Waals surface area contributed by atoms with Gasteiger partial charge in [-0.15, -0.1) is 5.10 Å². The van der Waals surface area contributed by atoms with Gasteiger partial charge in [-0.05, 0) is 31.1 Å². The van der Waals surface area contributed by atoms with Crippen LogP contribution in [0.1, 0.15) is 25.7 Å². The normalized spacial score (nSPS) is 30.5. The number of fused-ring (bicyclic) bond motifs is 2. The Labute approximate surface area is 99.1 Å². The molecule has 2 N–H and O–H groups in total. The fourth-order valence-corrected chi connectivity index (χ4v) is 3.17. The Morgan fingerprint density at radius 2 is 2.35 bits per heavy atom. The molecule has 1 heterocycles. The lowest BCUT2D eigenvalue weighted by atomic mass is 9.88. The quantitative estimate of drug-likeness (QED) is 0.826. The zero-order valence-electron chi connectivity index (χ0n) is 9.77. The summed E-state index contributed by atoms with van der Waals surface area (Å²) in [6.45, 7) is 0. The summed E-state index contributed by atoms with van der Waals surface area (Å²) in [5.41, 5.74) is 0. The van der Waals surface area contributed by atoms with E-state index in [4.69, 9.17) is 4.74 Å². The van der Waals surface area contributed by atoms with Gasteiger partial charge in [0.15, 0.2) is 0 Å². The van der Waals surface area contributed by atoms with Crippen molar-refractivity contribution >= 4 is 11.9 Å². The summed E-state index contributed by atoms with van der Waals surface area (Å²) in [7, 11) is 1.49. The van der Waals surface area contributed by atoms with Crippen molar-refractivity contribution in [3.63, 3.8) is 0 Å². The Morgan fingerprint density at radius 3 is 2.94 bits per heavy atom. The number of nitrogens with zero attached hydrogens (tertiary/aromatic N) is 2. The van der Waals surface area contributed by atoms with Crippen molar-refractivity contribution in [2.24, 2.45) is 17.8 Å². The Morgan fingerprint density at radius 1 is 1.47 bits per heavy atom. The third-order valence-electron chi connectivity index (χ3n) is 3.96. The van der Waals surface area contributed by atoms with Gasteiger partial charge in [0.1, 0.15) is 0 Å². The zero-order chi connectivity index (χ0) is 11.8. The fraction of sp³-hybridized carbons (Fsp3) is 0.727. The number of ether oxygens (including phenoxy) is 1. The smallest absolute Gasteiger partial charge is 0.336 e. The molecule has 1 aromatic rings. The highest BCUT2D eigenvalue weighted by Gasteiger charge is 2.43. The fourth-order valence-electron chi connectivity index (χ4n) is 3.17. The first-order valence-electron chi connectivity index (χ1n) is 6.03. The van der Waals surface area contributed by atoms with Crippen LogP contribution in [0.25, 0.3) is 0 Å². The minimum Gasteiger partial charge on any atom is -0.466 e. The van der Waals surface area contributed by atoms with Crippen LogP contribution in [-0.4, -0.2) is 28.2 Å². The first-order chi connectivity index (χ1) is 8.26. The summed E-state index contributed by atoms with van der Waals surface area (Å²) in [5.74, 6) is 1.93. The van der Waals surface area contributed by atoms with Gasteiger partial charge in [0, 0.05) is 5.92 Å². The van der Waals surface area contributed by atoms with E-state index in [1.807, 2.05) is 0 Å². The van der Waals surface area contributed by atoms with Crippen LogP contribution in [-0.2, 0) is 4.79 Å². The number of carbonyl (C=O) groups is 1. The lowest BCUT2D eigenvalue weighted by Crippen LogP contribution is -2.27. The SMILES string of the molecule is COc1n[nH]c(NC(=O)C2CC3CCC2C3)n1. The molecule has 3 rings (SSSR count). The number of H-pyrrole nitrogens is 1. The molecule has 1 aromatic heterocycles. The monoisotopic (exact) mass is 236 g/mol. The van der Waals surface area contributed by atoms with Gasteiger partial charge < -0.3 is 4.74 Å². The molecule has 0 aliphatic heterocycles. The Balaban J connectivity index is 1.63. The largest absolute Gasteiger partial charge is 0.466 e. The molecule has 6 heteroatoms. The zero-order valence-corrected chi connectivity index (χ0v) is 9.77. The molecule has 2 aliphatic rings. The minimum atomic E-state index is 0.0657. The van der Waals surface area contributed by atoms with E-state index in [1.54, 1.807) is 0 Å². The van der Waals surface area contributed by atoms with Gasteiger partial charge >= 0.3 is 6.01 Å². The third kappa shape index (κ3) is 1.87. The van der Waals surface area contributed by atoms with E-state index in [9.17, 15) is 4.79 Å². The molecule has 2 saturated carbocycles. The van der Waals surface area contributed by atoms with Crippen LogP contribution in [0.15, 0.2) is 0 Å². The van der Waals surface area contributed by atoms with E-state index in [1.165, 1.54) is 26.4 Å². The number of methoxy groups -OCH3 is 1. The van der Waals surface area contributed by atoms with Crippen molar-refractivity contribution in [2.45, 2.75) is 25.7 Å². The summed E-state index contributed by atoms with van der Waals surface area (Å²) in [4.78, 5) is 16.0. The maximum absolute atomic E-state index is 12.1. The van der Waals surface area contributed by atoms with Crippen molar-refractivity contribution in [2.75, 3.05) is 12.4 Å². The molecule has 0 aromatic carbocycles. The van der Waals surface area contributed by atoms with Crippen LogP contribution < -0.4 is 10.1 Å². The van der Waals surface area contributed by atoms with Crippen molar-refractivity contribution in [1.82, 2.24) is 15.2 Å². The first-order valence-corrected chi connectivity index (χ1v) is 6.03. The highest BCUT2D eigenvalue weighted by atomic mass is 16.5. The molecule has 92 valence electrons. The molecular formula is C11H16N4O2. The number of aromatic nitrogens is 3. The molecule has 3 atom stereocenters. The molecule has 0 spiro atoms. The molecule has 17 heavy (non-hydrogen) atoms. The number of amides is 1. The Kier molecular flexibility index (Phi) is 2.49. The van der Waals surface area contributed by atoms with Crippen molar-refractivity contribution in [3.05, 3.63) is 0 Å². The second kappa shape index (κ2) is 4.01. The second-order valence-corrected chi connectivity index (χ2v) is 4.94. The average Bonchev–Trinajstić information content (AvgIpc) is 3.04. The van der Waals surface area contributed by atoms with Crippen molar-refractivity contribution in [3.8, 4) is 6.01 Å². The lowest BCUT2D eigenvalue weighted by Gasteiger charge is -2.19. The average molecular weight is 236 g/mol. The molecule has 2 bridgehead atoms. The van der Waals surface area contributed by atoms with Crippen LogP contribution in [0, 0.1) is 17.8 Å². The number of anilines is 1. The van der Waals surface area contributed by atoms with Gasteiger partial charge in [-0.1, -0.05) is 6.42 Å². The summed E-state index contributed by atoms with van der Waals surface area (Å²) >= 11 is 0. The Hall–Kier alpha value is -1.59. The van der Waals surface area contributed by atoms with Crippen LogP contribution in [0.5, 0.6) is 6.01 Å². The molecule has 0 radical (unpaired) electrons. The number of nitrogens with one attached hydrogen (secondary N) is 2. The van der Waals surface area contributed by atoms with Crippen LogP contribution in [0.3, 0.4) is 0 Å². The summed E-state index contributed by atoms with van der Waals surface area (Å²) in [6, 6.07) is 0.244. The molecular weight excluding hydrogens is 220 g/mol. The summed E-state index contributed by atoms with van der Waals surface area (Å²) < 4.78 is 4.85. The predicted octanol–water partition coefficient (Wildman–Crippen LogP) is 1.19. The Bertz CT molecular complexity index is 431. The molecule has 3 unspecified atom stereocenters. The highest BCUT2D eigenvalue weighted by Crippen LogP contribution is 2.48. The van der Waals surface area contributed by atoms with Crippen LogP contribution in [0.4, 0.5) is 5.95 Å². The van der Waals surface area contributed by atoms with Gasteiger partial charge in [0.05, 0.1) is 7.11 Å². The van der Waals surface area contributed by atoms with E-state index in [0.29, 0.717) is 11.9 Å². The topological polar surface area (TPSA) is 79.9 Å². The van der Waals surface area contributed by atoms with Gasteiger partial charge in [-0.3, -0.25) is 10.1 Å². The molecule has 0 saturated heterocycles. The molecule has 2 fully saturated rings. The summed E-state index contributed by atoms with van der Waals surface area (Å²) in [5, 5.41) is 9.20. The second-order valence-electron chi connectivity index (χ2n) is 4.94. The van der Waals surface area contributed by atoms with Gasteiger partial charge in [-0.2, -0.15) is 4.98 Å². The van der Waals surface area contributed by atoms with E-state index < -0.39 is 0 Å². The molecule has 6 nitrogen and oxygen atoms in total. The van der Waals surface area contributed by atoms with E-state index in [-0.39, 0.29) is 17.8 Å². The van der Waals surface area contributed by atoms with E-state index in [0.717, 1.165) is 12.3 Å². The summed E-state index contributed by atoms with van der Waals surface area (Å²) in [6.07, 6.45) is 4.74. The van der Waals surface area contributed by atoms with E-state index in [2.05, 4.69) is 20.5 Å². The number of hydrogen-bond donors (Lipinski definition) is 2. The van der Waals surface area contributed by atoms with Gasteiger partial charge in [0.25, 0.3) is 0 Å². The third-order valence-corrected chi connectivity index (χ3v) is 3.96. The predicted molar refractivity (Wildman–Crippen MR) is 60.5 cm³/mol. The van der Waals surface area contributed by atoms with E-state index >= 15 is 0 Å². The first kappa shape index (κ1) is 10.6. The maximum atomic E-state index is 12.1. The highest BCUT2D eigenvalue weighted by molar-refractivity contribution is 5.91.